The van der Waals surface area contributed by atoms with Gasteiger partial charge in [-0.25, -0.2) is 4.79 Å². The fourth-order valence-corrected chi connectivity index (χ4v) is 1.36. The Hall–Kier alpha value is -2.08. The van der Waals surface area contributed by atoms with Crippen molar-refractivity contribution in [1.82, 2.24) is 5.32 Å². The van der Waals surface area contributed by atoms with Crippen LogP contribution in [-0.4, -0.2) is 40.8 Å². The van der Waals surface area contributed by atoms with Gasteiger partial charge in [0.05, 0.1) is 12.6 Å². The molecule has 0 aromatic heterocycles. The predicted molar refractivity (Wildman–Crippen MR) is 68.2 cm³/mol. The van der Waals surface area contributed by atoms with Crippen molar-refractivity contribution in [2.75, 3.05) is 6.54 Å². The molecule has 0 aliphatic heterocycles. The molecule has 1 atom stereocenters. The summed E-state index contributed by atoms with van der Waals surface area (Å²) >= 11 is 0. The number of carboxylic acid groups (broad SMARTS) is 1. The maximum Gasteiger partial charge on any atom is 0.334 e. The average molecular weight is 267 g/mol. The first kappa shape index (κ1) is 15.0. The summed E-state index contributed by atoms with van der Waals surface area (Å²) in [6.45, 7) is 3.40. The van der Waals surface area contributed by atoms with Crippen LogP contribution in [0.25, 0.3) is 0 Å². The summed E-state index contributed by atoms with van der Waals surface area (Å²) in [7, 11) is 0. The van der Waals surface area contributed by atoms with Crippen molar-refractivity contribution >= 4 is 11.9 Å². The van der Waals surface area contributed by atoms with Gasteiger partial charge in [0, 0.05) is 5.56 Å². The van der Waals surface area contributed by atoms with Gasteiger partial charge in [0.2, 0.25) is 0 Å². The van der Waals surface area contributed by atoms with Crippen LogP contribution in [0.15, 0.2) is 24.3 Å². The lowest BCUT2D eigenvalue weighted by Crippen LogP contribution is -2.36. The minimum atomic E-state index is -1.61. The Kier molecular flexibility index (Phi) is 5.32. The van der Waals surface area contributed by atoms with Gasteiger partial charge in [-0.3, -0.25) is 4.79 Å². The Morgan fingerprint density at radius 1 is 1.37 bits per heavy atom. The van der Waals surface area contributed by atoms with E-state index in [9.17, 15) is 9.59 Å². The normalized spacial score (nSPS) is 12.0. The molecule has 104 valence electrons. The zero-order chi connectivity index (χ0) is 14.4. The Morgan fingerprint density at radius 2 is 2.05 bits per heavy atom. The Bertz CT molecular complexity index is 458. The first-order valence-electron chi connectivity index (χ1n) is 5.86. The summed E-state index contributed by atoms with van der Waals surface area (Å²) < 4.78 is 5.45. The van der Waals surface area contributed by atoms with Crippen LogP contribution in [0, 0.1) is 0 Å². The molecule has 0 fully saturated rings. The first-order chi connectivity index (χ1) is 8.90. The molecule has 0 heterocycles. The van der Waals surface area contributed by atoms with Crippen LogP contribution in [0.1, 0.15) is 24.2 Å². The van der Waals surface area contributed by atoms with Crippen molar-refractivity contribution in [3.05, 3.63) is 29.8 Å². The fraction of sp³-hybridized carbons (Fsp3) is 0.385. The van der Waals surface area contributed by atoms with Gasteiger partial charge in [-0.1, -0.05) is 6.07 Å². The number of amides is 1. The minimum absolute atomic E-state index is 0.00727. The van der Waals surface area contributed by atoms with Gasteiger partial charge < -0.3 is 20.3 Å². The number of rotatable bonds is 6. The molecule has 1 amide bonds. The third kappa shape index (κ3) is 4.97. The van der Waals surface area contributed by atoms with Crippen molar-refractivity contribution in [2.24, 2.45) is 0 Å². The molecule has 0 saturated heterocycles. The largest absolute Gasteiger partial charge is 0.491 e. The van der Waals surface area contributed by atoms with Crippen LogP contribution in [-0.2, 0) is 4.79 Å². The Morgan fingerprint density at radius 3 is 2.63 bits per heavy atom. The molecule has 0 aliphatic carbocycles. The van der Waals surface area contributed by atoms with Crippen LogP contribution in [0.4, 0.5) is 0 Å². The number of ether oxygens (including phenoxy) is 1. The number of carbonyl (C=O) groups is 2. The maximum absolute atomic E-state index is 11.7. The highest BCUT2D eigenvalue weighted by molar-refractivity contribution is 5.94. The second-order valence-electron chi connectivity index (χ2n) is 4.26. The third-order valence-corrected chi connectivity index (χ3v) is 2.21. The highest BCUT2D eigenvalue weighted by Gasteiger charge is 2.15. The highest BCUT2D eigenvalue weighted by atomic mass is 16.5. The molecule has 0 spiro atoms. The second-order valence-corrected chi connectivity index (χ2v) is 4.26. The van der Waals surface area contributed by atoms with Gasteiger partial charge in [0.15, 0.2) is 6.10 Å². The lowest BCUT2D eigenvalue weighted by Gasteiger charge is -2.11. The molecule has 1 aromatic carbocycles. The fourth-order valence-electron chi connectivity index (χ4n) is 1.36. The van der Waals surface area contributed by atoms with E-state index in [1.807, 2.05) is 13.8 Å². The molecule has 6 nitrogen and oxygen atoms in total. The van der Waals surface area contributed by atoms with E-state index < -0.39 is 18.0 Å². The molecule has 3 N–H and O–H groups in total. The monoisotopic (exact) mass is 267 g/mol. The summed E-state index contributed by atoms with van der Waals surface area (Å²) in [6.07, 6.45) is -1.62. The third-order valence-electron chi connectivity index (χ3n) is 2.21. The van der Waals surface area contributed by atoms with Crippen LogP contribution in [0.3, 0.4) is 0 Å². The lowest BCUT2D eigenvalue weighted by atomic mass is 10.2. The molecular weight excluding hydrogens is 250 g/mol. The number of aliphatic hydroxyl groups is 1. The topological polar surface area (TPSA) is 95.9 Å². The number of carboxylic acids is 1. The molecule has 0 bridgehead atoms. The SMILES string of the molecule is CC(C)Oc1cccc(C(=O)NC[C@H](O)C(=O)O)c1. The zero-order valence-electron chi connectivity index (χ0n) is 10.8. The standard InChI is InChI=1S/C13H17NO5/c1-8(2)19-10-5-3-4-9(6-10)12(16)14-7-11(15)13(17)18/h3-6,8,11,15H,7H2,1-2H3,(H,14,16)(H,17,18)/t11-/m0/s1. The number of hydrogen-bond acceptors (Lipinski definition) is 4. The Balaban J connectivity index is 2.64. The molecule has 0 aliphatic rings. The van der Waals surface area contributed by atoms with Gasteiger partial charge in [-0.05, 0) is 32.0 Å². The van der Waals surface area contributed by atoms with E-state index in [1.54, 1.807) is 24.3 Å². The molecule has 0 radical (unpaired) electrons. The van der Waals surface area contributed by atoms with Crippen molar-refractivity contribution in [1.29, 1.82) is 0 Å². The van der Waals surface area contributed by atoms with E-state index in [2.05, 4.69) is 5.32 Å². The average Bonchev–Trinajstić information content (AvgIpc) is 2.34. The quantitative estimate of drug-likeness (QED) is 0.703. The zero-order valence-corrected chi connectivity index (χ0v) is 10.8. The molecule has 6 heteroatoms. The summed E-state index contributed by atoms with van der Waals surface area (Å²) in [6, 6.07) is 6.53. The number of aliphatic carboxylic acids is 1. The number of carbonyl (C=O) groups excluding carboxylic acids is 1. The summed E-state index contributed by atoms with van der Waals surface area (Å²) in [5.41, 5.74) is 0.343. The number of benzene rings is 1. The molecule has 0 saturated carbocycles. The van der Waals surface area contributed by atoms with E-state index in [4.69, 9.17) is 14.9 Å². The van der Waals surface area contributed by atoms with Crippen molar-refractivity contribution in [2.45, 2.75) is 26.1 Å². The predicted octanol–water partition coefficient (Wildman–Crippen LogP) is 0.649. The van der Waals surface area contributed by atoms with Gasteiger partial charge in [0.1, 0.15) is 5.75 Å². The van der Waals surface area contributed by atoms with Gasteiger partial charge in [0.25, 0.3) is 5.91 Å². The van der Waals surface area contributed by atoms with Gasteiger partial charge in [-0.2, -0.15) is 0 Å². The summed E-state index contributed by atoms with van der Waals surface area (Å²) in [5, 5.41) is 19.9. The van der Waals surface area contributed by atoms with Crippen molar-refractivity contribution < 1.29 is 24.5 Å². The second kappa shape index (κ2) is 6.75. The van der Waals surface area contributed by atoms with Crippen molar-refractivity contribution in [3.63, 3.8) is 0 Å². The van der Waals surface area contributed by atoms with Crippen molar-refractivity contribution in [3.8, 4) is 5.75 Å². The molecule has 19 heavy (non-hydrogen) atoms. The molecule has 1 rings (SSSR count). The van der Waals surface area contributed by atoms with Crippen LogP contribution < -0.4 is 10.1 Å². The number of hydrogen-bond donors (Lipinski definition) is 3. The van der Waals surface area contributed by atoms with Gasteiger partial charge >= 0.3 is 5.97 Å². The van der Waals surface area contributed by atoms with E-state index in [0.29, 0.717) is 11.3 Å². The molecule has 0 unspecified atom stereocenters. The lowest BCUT2D eigenvalue weighted by molar-refractivity contribution is -0.146. The summed E-state index contributed by atoms with van der Waals surface area (Å²) in [5.74, 6) is -1.28. The minimum Gasteiger partial charge on any atom is -0.491 e. The van der Waals surface area contributed by atoms with Crippen LogP contribution >= 0.6 is 0 Å². The summed E-state index contributed by atoms with van der Waals surface area (Å²) in [4.78, 5) is 22.1. The van der Waals surface area contributed by atoms with E-state index in [1.165, 1.54) is 0 Å². The first-order valence-corrected chi connectivity index (χ1v) is 5.86. The van der Waals surface area contributed by atoms with Crippen LogP contribution in [0.2, 0.25) is 0 Å². The number of aliphatic hydroxyl groups excluding tert-OH is 1. The van der Waals surface area contributed by atoms with E-state index >= 15 is 0 Å². The molecule has 1 aromatic rings. The van der Waals surface area contributed by atoms with Gasteiger partial charge in [-0.15, -0.1) is 0 Å². The Labute approximate surface area is 111 Å². The molecular formula is C13H17NO5. The van der Waals surface area contributed by atoms with Crippen LogP contribution in [0.5, 0.6) is 5.75 Å². The highest BCUT2D eigenvalue weighted by Crippen LogP contribution is 2.14. The van der Waals surface area contributed by atoms with E-state index in [-0.39, 0.29) is 12.6 Å². The maximum atomic E-state index is 11.7. The smallest absolute Gasteiger partial charge is 0.334 e. The van der Waals surface area contributed by atoms with E-state index in [0.717, 1.165) is 0 Å². The number of nitrogens with one attached hydrogen (secondary N) is 1.